The Morgan fingerprint density at radius 3 is 2.48 bits per heavy atom. The Hall–Kier alpha value is -2.63. The Kier molecular flexibility index (Phi) is 4.03. The van der Waals surface area contributed by atoms with Gasteiger partial charge in [-0.15, -0.1) is 0 Å². The van der Waals surface area contributed by atoms with E-state index in [1.54, 1.807) is 4.90 Å². The van der Waals surface area contributed by atoms with Gasteiger partial charge in [0.2, 0.25) is 0 Å². The molecule has 2 aromatic rings. The largest absolute Gasteiger partial charge is 0.486 e. The number of carbonyl (C=O) groups excluding carboxylic acids is 1. The lowest BCUT2D eigenvalue weighted by atomic mass is 10.0. The smallest absolute Gasteiger partial charge is 0.254 e. The Bertz CT molecular complexity index is 804. The molecular weight excluding hydrogens is 328 g/mol. The van der Waals surface area contributed by atoms with Crippen molar-refractivity contribution in [2.24, 2.45) is 0 Å². The minimum absolute atomic E-state index is 0.0296. The quantitative estimate of drug-likeness (QED) is 0.833. The minimum atomic E-state index is -0.751. The zero-order valence-corrected chi connectivity index (χ0v) is 13.5. The van der Waals surface area contributed by atoms with Gasteiger partial charge in [0, 0.05) is 18.2 Å². The molecule has 0 N–H and O–H groups in total. The van der Waals surface area contributed by atoms with Gasteiger partial charge in [0.25, 0.3) is 5.91 Å². The van der Waals surface area contributed by atoms with Crippen LogP contribution in [-0.2, 0) is 0 Å². The average molecular weight is 345 g/mol. The van der Waals surface area contributed by atoms with Crippen molar-refractivity contribution in [2.45, 2.75) is 18.9 Å². The maximum atomic E-state index is 13.4. The van der Waals surface area contributed by atoms with Gasteiger partial charge in [0.1, 0.15) is 24.8 Å². The van der Waals surface area contributed by atoms with Crippen LogP contribution in [0, 0.1) is 11.6 Å². The van der Waals surface area contributed by atoms with Crippen molar-refractivity contribution in [3.8, 4) is 11.5 Å². The lowest BCUT2D eigenvalue weighted by molar-refractivity contribution is 0.0734. The van der Waals surface area contributed by atoms with Gasteiger partial charge in [-0.2, -0.15) is 0 Å². The van der Waals surface area contributed by atoms with E-state index >= 15 is 0 Å². The van der Waals surface area contributed by atoms with Gasteiger partial charge in [-0.05, 0) is 42.7 Å². The normalized spacial score (nSPS) is 19.1. The summed E-state index contributed by atoms with van der Waals surface area (Å²) in [5.74, 6) is -0.509. The second kappa shape index (κ2) is 6.35. The van der Waals surface area contributed by atoms with Crippen LogP contribution in [0.1, 0.15) is 34.8 Å². The fourth-order valence-electron chi connectivity index (χ4n) is 3.47. The van der Waals surface area contributed by atoms with Crippen molar-refractivity contribution < 1.29 is 23.0 Å². The third-order valence-electron chi connectivity index (χ3n) is 4.57. The second-order valence-electron chi connectivity index (χ2n) is 6.22. The van der Waals surface area contributed by atoms with Crippen LogP contribution < -0.4 is 9.47 Å². The Morgan fingerprint density at radius 2 is 1.72 bits per heavy atom. The van der Waals surface area contributed by atoms with Crippen LogP contribution in [0.5, 0.6) is 11.5 Å². The molecule has 6 heteroatoms. The van der Waals surface area contributed by atoms with Crippen LogP contribution in [-0.4, -0.2) is 30.6 Å². The molecule has 1 saturated heterocycles. The monoisotopic (exact) mass is 345 g/mol. The van der Waals surface area contributed by atoms with Gasteiger partial charge in [-0.1, -0.05) is 6.07 Å². The molecule has 2 aliphatic heterocycles. The van der Waals surface area contributed by atoms with Crippen LogP contribution in [0.2, 0.25) is 0 Å². The van der Waals surface area contributed by atoms with Crippen LogP contribution in [0.3, 0.4) is 0 Å². The summed E-state index contributed by atoms with van der Waals surface area (Å²) in [6.07, 6.45) is 1.63. The number of amides is 1. The summed E-state index contributed by atoms with van der Waals surface area (Å²) < 4.78 is 38.0. The first-order valence-electron chi connectivity index (χ1n) is 8.28. The van der Waals surface area contributed by atoms with Crippen molar-refractivity contribution in [1.82, 2.24) is 4.90 Å². The number of fused-ring (bicyclic) bond motifs is 1. The summed E-state index contributed by atoms with van der Waals surface area (Å²) in [6, 6.07) is 8.41. The van der Waals surface area contributed by atoms with Crippen LogP contribution in [0.4, 0.5) is 8.78 Å². The van der Waals surface area contributed by atoms with Gasteiger partial charge in [-0.25, -0.2) is 8.78 Å². The highest BCUT2D eigenvalue weighted by Gasteiger charge is 2.31. The van der Waals surface area contributed by atoms with E-state index in [2.05, 4.69) is 0 Å². The average Bonchev–Trinajstić information content (AvgIpc) is 3.09. The van der Waals surface area contributed by atoms with Crippen molar-refractivity contribution in [2.75, 3.05) is 19.8 Å². The summed E-state index contributed by atoms with van der Waals surface area (Å²) in [5.41, 5.74) is 0.967. The lowest BCUT2D eigenvalue weighted by Crippen LogP contribution is -2.30. The van der Waals surface area contributed by atoms with Gasteiger partial charge in [0.05, 0.1) is 6.04 Å². The Morgan fingerprint density at radius 1 is 1.00 bits per heavy atom. The fraction of sp³-hybridized carbons (Fsp3) is 0.316. The highest BCUT2D eigenvalue weighted by Crippen LogP contribution is 2.38. The molecule has 1 fully saturated rings. The van der Waals surface area contributed by atoms with Gasteiger partial charge in [0.15, 0.2) is 11.5 Å². The predicted octanol–water partition coefficient (Wildman–Crippen LogP) is 3.71. The SMILES string of the molecule is O=C(c1cc(F)cc(F)c1)N1CCCC1c1ccc2c(c1)OCCO2. The van der Waals surface area contributed by atoms with E-state index in [4.69, 9.17) is 9.47 Å². The van der Waals surface area contributed by atoms with E-state index in [9.17, 15) is 13.6 Å². The fourth-order valence-corrected chi connectivity index (χ4v) is 3.47. The number of benzene rings is 2. The van der Waals surface area contributed by atoms with E-state index in [1.165, 1.54) is 0 Å². The molecule has 25 heavy (non-hydrogen) atoms. The van der Waals surface area contributed by atoms with E-state index < -0.39 is 11.6 Å². The van der Waals surface area contributed by atoms with Crippen molar-refractivity contribution in [3.05, 3.63) is 59.2 Å². The molecule has 0 saturated carbocycles. The predicted molar refractivity (Wildman–Crippen MR) is 86.8 cm³/mol. The van der Waals surface area contributed by atoms with E-state index in [1.807, 2.05) is 18.2 Å². The third-order valence-corrected chi connectivity index (χ3v) is 4.57. The van der Waals surface area contributed by atoms with E-state index in [-0.39, 0.29) is 17.5 Å². The van der Waals surface area contributed by atoms with E-state index in [0.717, 1.165) is 36.6 Å². The molecule has 0 aromatic heterocycles. The number of likely N-dealkylation sites (tertiary alicyclic amines) is 1. The first-order valence-corrected chi connectivity index (χ1v) is 8.28. The number of nitrogens with zero attached hydrogens (tertiary/aromatic N) is 1. The lowest BCUT2D eigenvalue weighted by Gasteiger charge is -2.27. The number of halogens is 2. The van der Waals surface area contributed by atoms with Crippen LogP contribution >= 0.6 is 0 Å². The molecule has 4 rings (SSSR count). The van der Waals surface area contributed by atoms with Crippen molar-refractivity contribution in [3.63, 3.8) is 0 Å². The molecule has 0 aliphatic carbocycles. The van der Waals surface area contributed by atoms with Crippen molar-refractivity contribution >= 4 is 5.91 Å². The second-order valence-corrected chi connectivity index (χ2v) is 6.22. The standard InChI is InChI=1S/C19H17F2NO3/c20-14-8-13(9-15(21)11-14)19(23)22-5-1-2-16(22)12-3-4-17-18(10-12)25-7-6-24-17/h3-4,8-11,16H,1-2,5-7H2. The molecule has 0 bridgehead atoms. The summed E-state index contributed by atoms with van der Waals surface area (Å²) >= 11 is 0. The van der Waals surface area contributed by atoms with Crippen molar-refractivity contribution in [1.29, 1.82) is 0 Å². The maximum absolute atomic E-state index is 13.4. The summed E-state index contributed by atoms with van der Waals surface area (Å²) in [6.45, 7) is 1.56. The third kappa shape index (κ3) is 3.04. The molecule has 2 aliphatic rings. The molecule has 1 amide bonds. The number of rotatable bonds is 2. The highest BCUT2D eigenvalue weighted by atomic mass is 19.1. The number of hydrogen-bond acceptors (Lipinski definition) is 3. The highest BCUT2D eigenvalue weighted by molar-refractivity contribution is 5.94. The van der Waals surface area contributed by atoms with E-state index in [0.29, 0.717) is 31.3 Å². The molecular formula is C19H17F2NO3. The molecule has 0 radical (unpaired) electrons. The summed E-state index contributed by atoms with van der Waals surface area (Å²) in [5, 5.41) is 0. The number of carbonyl (C=O) groups is 1. The van der Waals surface area contributed by atoms with Gasteiger partial charge < -0.3 is 14.4 Å². The molecule has 2 aromatic carbocycles. The Labute approximate surface area is 144 Å². The van der Waals surface area contributed by atoms with Gasteiger partial charge in [-0.3, -0.25) is 4.79 Å². The molecule has 130 valence electrons. The first kappa shape index (κ1) is 15.9. The zero-order chi connectivity index (χ0) is 17.4. The molecule has 2 heterocycles. The summed E-state index contributed by atoms with van der Waals surface area (Å²) in [7, 11) is 0. The molecule has 1 unspecified atom stereocenters. The molecule has 0 spiro atoms. The molecule has 4 nitrogen and oxygen atoms in total. The maximum Gasteiger partial charge on any atom is 0.254 e. The minimum Gasteiger partial charge on any atom is -0.486 e. The summed E-state index contributed by atoms with van der Waals surface area (Å²) in [4.78, 5) is 14.4. The molecule has 1 atom stereocenters. The number of ether oxygens (including phenoxy) is 2. The first-order chi connectivity index (χ1) is 12.1. The van der Waals surface area contributed by atoms with Gasteiger partial charge >= 0.3 is 0 Å². The topological polar surface area (TPSA) is 38.8 Å². The Balaban J connectivity index is 1.63. The van der Waals surface area contributed by atoms with Crippen LogP contribution in [0.25, 0.3) is 0 Å². The van der Waals surface area contributed by atoms with Crippen LogP contribution in [0.15, 0.2) is 36.4 Å². The number of hydrogen-bond donors (Lipinski definition) is 0. The zero-order valence-electron chi connectivity index (χ0n) is 13.5.